The number of rotatable bonds is 7. The van der Waals surface area contributed by atoms with Gasteiger partial charge in [-0.1, -0.05) is 43.8 Å². The van der Waals surface area contributed by atoms with Gasteiger partial charge in [0.05, 0.1) is 23.4 Å². The van der Waals surface area contributed by atoms with Crippen LogP contribution < -0.4 is 0 Å². The van der Waals surface area contributed by atoms with Crippen LogP contribution in [0.25, 0.3) is 10.9 Å². The summed E-state index contributed by atoms with van der Waals surface area (Å²) in [5.74, 6) is 0.577. The van der Waals surface area contributed by atoms with Gasteiger partial charge in [-0.25, -0.2) is 9.48 Å². The molecule has 0 bridgehead atoms. The molecule has 0 spiro atoms. The van der Waals surface area contributed by atoms with Crippen LogP contribution in [0.15, 0.2) is 29.4 Å². The number of hydrogen-bond acceptors (Lipinski definition) is 7. The van der Waals surface area contributed by atoms with Gasteiger partial charge in [-0.2, -0.15) is 0 Å². The highest BCUT2D eigenvalue weighted by Gasteiger charge is 2.21. The van der Waals surface area contributed by atoms with Crippen LogP contribution >= 0.6 is 11.8 Å². The second-order valence-electron chi connectivity index (χ2n) is 6.62. The first-order valence-electron chi connectivity index (χ1n) is 8.95. The van der Waals surface area contributed by atoms with Gasteiger partial charge < -0.3 is 4.74 Å². The number of tetrazole rings is 1. The quantitative estimate of drug-likeness (QED) is 0.453. The van der Waals surface area contributed by atoms with Gasteiger partial charge in [0.2, 0.25) is 5.16 Å². The normalized spacial score (nSPS) is 11.3. The number of thioether (sulfide) groups is 1. The summed E-state index contributed by atoms with van der Waals surface area (Å²) < 4.78 is 7.06. The molecule has 2 heterocycles. The maximum Gasteiger partial charge on any atom is 0.340 e. The Bertz CT molecular complexity index is 954. The molecule has 27 heavy (non-hydrogen) atoms. The van der Waals surface area contributed by atoms with E-state index in [1.807, 2.05) is 31.2 Å². The zero-order valence-corrected chi connectivity index (χ0v) is 16.8. The molecule has 0 atom stereocenters. The van der Waals surface area contributed by atoms with Crippen LogP contribution in [0, 0.1) is 12.8 Å². The molecule has 8 heteroatoms. The Balaban J connectivity index is 1.96. The number of nitrogens with zero attached hydrogens (tertiary/aromatic N) is 5. The molecule has 2 aromatic heterocycles. The summed E-state index contributed by atoms with van der Waals surface area (Å²) in [4.78, 5) is 17.3. The molecule has 7 nitrogen and oxygen atoms in total. The smallest absolute Gasteiger partial charge is 0.340 e. The van der Waals surface area contributed by atoms with Gasteiger partial charge in [0, 0.05) is 17.7 Å². The maximum absolute atomic E-state index is 12.6. The molecule has 142 valence electrons. The summed E-state index contributed by atoms with van der Waals surface area (Å²) in [6.07, 6.45) is 0. The number of aryl methyl sites for hydroxylation is 1. The predicted octanol–water partition coefficient (Wildman–Crippen LogP) is 3.65. The van der Waals surface area contributed by atoms with Crippen molar-refractivity contribution in [1.82, 2.24) is 25.2 Å². The monoisotopic (exact) mass is 385 g/mol. The molecule has 0 saturated carbocycles. The van der Waals surface area contributed by atoms with Crippen molar-refractivity contribution in [3.63, 3.8) is 0 Å². The minimum atomic E-state index is -0.342. The second kappa shape index (κ2) is 8.47. The van der Waals surface area contributed by atoms with Gasteiger partial charge in [0.25, 0.3) is 0 Å². The van der Waals surface area contributed by atoms with E-state index in [-0.39, 0.29) is 5.97 Å². The van der Waals surface area contributed by atoms with E-state index in [1.165, 1.54) is 11.8 Å². The molecular weight excluding hydrogens is 362 g/mol. The SMILES string of the molecule is CCOC(=O)c1c(CSc2nnnn2CC(C)C)nc2ccccc2c1C. The lowest BCUT2D eigenvalue weighted by Crippen LogP contribution is -2.12. The van der Waals surface area contributed by atoms with Crippen molar-refractivity contribution in [1.29, 1.82) is 0 Å². The lowest BCUT2D eigenvalue weighted by molar-refractivity contribution is 0.0524. The van der Waals surface area contributed by atoms with Crippen molar-refractivity contribution >= 4 is 28.6 Å². The van der Waals surface area contributed by atoms with Crippen molar-refractivity contribution in [3.8, 4) is 0 Å². The molecule has 0 N–H and O–H groups in total. The summed E-state index contributed by atoms with van der Waals surface area (Å²) in [6, 6.07) is 7.81. The Morgan fingerprint density at radius 2 is 2.07 bits per heavy atom. The number of carbonyl (C=O) groups is 1. The van der Waals surface area contributed by atoms with Gasteiger partial charge in [-0.15, -0.1) is 5.10 Å². The number of esters is 1. The number of hydrogen-bond donors (Lipinski definition) is 0. The third-order valence-electron chi connectivity index (χ3n) is 4.08. The topological polar surface area (TPSA) is 82.8 Å². The highest BCUT2D eigenvalue weighted by molar-refractivity contribution is 7.98. The predicted molar refractivity (Wildman–Crippen MR) is 105 cm³/mol. The highest BCUT2D eigenvalue weighted by Crippen LogP contribution is 2.28. The maximum atomic E-state index is 12.6. The zero-order valence-electron chi connectivity index (χ0n) is 16.0. The van der Waals surface area contributed by atoms with E-state index in [0.717, 1.165) is 23.0 Å². The van der Waals surface area contributed by atoms with E-state index < -0.39 is 0 Å². The van der Waals surface area contributed by atoms with Crippen LogP contribution in [0.4, 0.5) is 0 Å². The molecule has 0 aliphatic heterocycles. The minimum absolute atomic E-state index is 0.324. The minimum Gasteiger partial charge on any atom is -0.462 e. The van der Waals surface area contributed by atoms with Crippen LogP contribution in [0.1, 0.15) is 42.4 Å². The summed E-state index contributed by atoms with van der Waals surface area (Å²) in [7, 11) is 0. The molecule has 0 aliphatic carbocycles. The molecule has 0 radical (unpaired) electrons. The number of aromatic nitrogens is 5. The lowest BCUT2D eigenvalue weighted by Gasteiger charge is -2.14. The number of ether oxygens (including phenoxy) is 1. The van der Waals surface area contributed by atoms with Crippen LogP contribution in [0.2, 0.25) is 0 Å². The van der Waals surface area contributed by atoms with Gasteiger partial charge >= 0.3 is 5.97 Å². The fraction of sp³-hybridized carbons (Fsp3) is 0.421. The van der Waals surface area contributed by atoms with Crippen molar-refractivity contribution in [2.24, 2.45) is 5.92 Å². The Hall–Kier alpha value is -2.48. The van der Waals surface area contributed by atoms with Crippen LogP contribution in [0.5, 0.6) is 0 Å². The molecule has 3 rings (SSSR count). The second-order valence-corrected chi connectivity index (χ2v) is 7.56. The first kappa shape index (κ1) is 19.3. The first-order chi connectivity index (χ1) is 13.0. The molecule has 0 fully saturated rings. The van der Waals surface area contributed by atoms with Crippen molar-refractivity contribution in [2.75, 3.05) is 6.61 Å². The van der Waals surface area contributed by atoms with E-state index in [9.17, 15) is 4.79 Å². The zero-order chi connectivity index (χ0) is 19.4. The number of carbonyl (C=O) groups excluding carboxylic acids is 1. The van der Waals surface area contributed by atoms with E-state index in [1.54, 1.807) is 11.6 Å². The summed E-state index contributed by atoms with van der Waals surface area (Å²) in [5, 5.41) is 13.6. The Morgan fingerprint density at radius 3 is 2.81 bits per heavy atom. The van der Waals surface area contributed by atoms with E-state index in [0.29, 0.717) is 34.7 Å². The van der Waals surface area contributed by atoms with Gasteiger partial charge in [-0.05, 0) is 41.8 Å². The molecule has 0 aliphatic rings. The van der Waals surface area contributed by atoms with Crippen molar-refractivity contribution in [3.05, 3.63) is 41.1 Å². The van der Waals surface area contributed by atoms with Crippen molar-refractivity contribution in [2.45, 2.75) is 45.1 Å². The van der Waals surface area contributed by atoms with Gasteiger partial charge in [0.1, 0.15) is 0 Å². The number of benzene rings is 1. The van der Waals surface area contributed by atoms with Crippen LogP contribution in [0.3, 0.4) is 0 Å². The van der Waals surface area contributed by atoms with Crippen molar-refractivity contribution < 1.29 is 9.53 Å². The lowest BCUT2D eigenvalue weighted by atomic mass is 10.0. The Morgan fingerprint density at radius 1 is 1.30 bits per heavy atom. The third-order valence-corrected chi connectivity index (χ3v) is 5.05. The largest absolute Gasteiger partial charge is 0.462 e. The summed E-state index contributed by atoms with van der Waals surface area (Å²) in [6.45, 7) is 9.03. The Labute approximate surface area is 162 Å². The average Bonchev–Trinajstić information content (AvgIpc) is 3.06. The summed E-state index contributed by atoms with van der Waals surface area (Å²) in [5.41, 5.74) is 2.97. The number of para-hydroxylation sites is 1. The highest BCUT2D eigenvalue weighted by atomic mass is 32.2. The Kier molecular flexibility index (Phi) is 6.05. The van der Waals surface area contributed by atoms with E-state index in [4.69, 9.17) is 9.72 Å². The molecule has 0 saturated heterocycles. The molecule has 3 aromatic rings. The summed E-state index contributed by atoms with van der Waals surface area (Å²) >= 11 is 1.47. The standard InChI is InChI=1S/C19H23N5O2S/c1-5-26-18(25)17-13(4)14-8-6-7-9-15(14)20-16(17)11-27-19-21-22-23-24(19)10-12(2)3/h6-9,12H,5,10-11H2,1-4H3. The average molecular weight is 385 g/mol. The van der Waals surface area contributed by atoms with Crippen LogP contribution in [-0.4, -0.2) is 37.8 Å². The van der Waals surface area contributed by atoms with Gasteiger partial charge in [0.15, 0.2) is 0 Å². The van der Waals surface area contributed by atoms with Crippen LogP contribution in [-0.2, 0) is 17.0 Å². The van der Waals surface area contributed by atoms with E-state index >= 15 is 0 Å². The van der Waals surface area contributed by atoms with E-state index in [2.05, 4.69) is 29.4 Å². The number of pyridine rings is 1. The first-order valence-corrected chi connectivity index (χ1v) is 9.94. The molecule has 0 amide bonds. The fourth-order valence-corrected chi connectivity index (χ4v) is 3.74. The number of fused-ring (bicyclic) bond motifs is 1. The molecule has 1 aromatic carbocycles. The van der Waals surface area contributed by atoms with Gasteiger partial charge in [-0.3, -0.25) is 4.98 Å². The fourth-order valence-electron chi connectivity index (χ4n) is 2.91. The molecular formula is C19H23N5O2S. The molecule has 0 unspecified atom stereocenters. The third kappa shape index (κ3) is 4.27.